The van der Waals surface area contributed by atoms with Crippen molar-refractivity contribution in [2.24, 2.45) is 0 Å². The summed E-state index contributed by atoms with van der Waals surface area (Å²) in [5.41, 5.74) is 1.29. The molecule has 0 heterocycles. The highest BCUT2D eigenvalue weighted by atomic mass is 35.5. The van der Waals surface area contributed by atoms with Crippen LogP contribution >= 0.6 is 23.2 Å². The maximum Gasteiger partial charge on any atom is 0.146 e. The molecule has 0 fully saturated rings. The summed E-state index contributed by atoms with van der Waals surface area (Å²) in [6.45, 7) is 4.20. The molecule has 112 valence electrons. The molecule has 2 rings (SSSR count). The van der Waals surface area contributed by atoms with Gasteiger partial charge in [0.05, 0.1) is 16.1 Å². The molecule has 2 aromatic carbocycles. The average molecular weight is 328 g/mol. The lowest BCUT2D eigenvalue weighted by Crippen LogP contribution is -2.06. The highest BCUT2D eigenvalue weighted by Crippen LogP contribution is 2.29. The molecule has 0 aliphatic rings. The van der Waals surface area contributed by atoms with Crippen LogP contribution < -0.4 is 10.1 Å². The van der Waals surface area contributed by atoms with Gasteiger partial charge in [-0.3, -0.25) is 0 Å². The van der Waals surface area contributed by atoms with Crippen molar-refractivity contribution in [3.63, 3.8) is 0 Å². The van der Waals surface area contributed by atoms with Crippen LogP contribution in [0, 0.1) is 5.82 Å². The summed E-state index contributed by atoms with van der Waals surface area (Å²) in [4.78, 5) is 0. The summed E-state index contributed by atoms with van der Waals surface area (Å²) < 4.78 is 19.3. The maximum absolute atomic E-state index is 13.8. The van der Waals surface area contributed by atoms with E-state index < -0.39 is 5.82 Å². The molecule has 0 unspecified atom stereocenters. The number of halogens is 3. The standard InChI is InChI=1S/C16H16Cl2FNO/c1-10(2)21-15-7-6-12(8-14(15)18)20-9-11-4-3-5-13(17)16(11)19/h3-8,10,20H,9H2,1-2H3. The van der Waals surface area contributed by atoms with E-state index in [-0.39, 0.29) is 11.1 Å². The summed E-state index contributed by atoms with van der Waals surface area (Å²) in [5, 5.41) is 3.74. The zero-order valence-corrected chi connectivity index (χ0v) is 13.3. The second-order valence-electron chi connectivity index (χ2n) is 4.88. The first kappa shape index (κ1) is 15.9. The molecule has 0 bridgehead atoms. The monoisotopic (exact) mass is 327 g/mol. The quantitative estimate of drug-likeness (QED) is 0.779. The number of nitrogens with one attached hydrogen (secondary N) is 1. The normalized spacial score (nSPS) is 10.8. The Morgan fingerprint density at radius 2 is 1.90 bits per heavy atom. The Morgan fingerprint density at radius 1 is 1.14 bits per heavy atom. The number of ether oxygens (including phenoxy) is 1. The minimum atomic E-state index is -0.405. The van der Waals surface area contributed by atoms with Crippen molar-refractivity contribution in [1.29, 1.82) is 0 Å². The van der Waals surface area contributed by atoms with Crippen LogP contribution in [0.15, 0.2) is 36.4 Å². The number of rotatable bonds is 5. The van der Waals surface area contributed by atoms with E-state index in [1.165, 1.54) is 6.07 Å². The van der Waals surface area contributed by atoms with Crippen molar-refractivity contribution in [3.05, 3.63) is 57.8 Å². The molecule has 0 aliphatic carbocycles. The SMILES string of the molecule is CC(C)Oc1ccc(NCc2cccc(Cl)c2F)cc1Cl. The smallest absolute Gasteiger partial charge is 0.146 e. The van der Waals surface area contributed by atoms with Gasteiger partial charge in [0.15, 0.2) is 0 Å². The molecular weight excluding hydrogens is 312 g/mol. The summed E-state index contributed by atoms with van der Waals surface area (Å²) in [7, 11) is 0. The highest BCUT2D eigenvalue weighted by Gasteiger charge is 2.08. The van der Waals surface area contributed by atoms with Crippen molar-refractivity contribution in [2.75, 3.05) is 5.32 Å². The lowest BCUT2D eigenvalue weighted by molar-refractivity contribution is 0.242. The predicted molar refractivity (Wildman–Crippen MR) is 86.0 cm³/mol. The molecule has 0 atom stereocenters. The van der Waals surface area contributed by atoms with E-state index >= 15 is 0 Å². The van der Waals surface area contributed by atoms with Gasteiger partial charge in [-0.1, -0.05) is 35.3 Å². The molecule has 2 aromatic rings. The minimum Gasteiger partial charge on any atom is -0.489 e. The predicted octanol–water partition coefficient (Wildman–Crippen LogP) is 5.53. The Balaban J connectivity index is 2.07. The third-order valence-corrected chi connectivity index (χ3v) is 3.40. The fourth-order valence-electron chi connectivity index (χ4n) is 1.84. The van der Waals surface area contributed by atoms with Crippen LogP contribution in [-0.2, 0) is 6.54 Å². The van der Waals surface area contributed by atoms with E-state index in [1.807, 2.05) is 19.9 Å². The fourth-order valence-corrected chi connectivity index (χ4v) is 2.26. The third kappa shape index (κ3) is 4.26. The molecule has 0 amide bonds. The van der Waals surface area contributed by atoms with E-state index in [1.54, 1.807) is 24.3 Å². The van der Waals surface area contributed by atoms with Gasteiger partial charge in [-0.2, -0.15) is 0 Å². The second-order valence-corrected chi connectivity index (χ2v) is 5.69. The Kier molecular flexibility index (Phi) is 5.32. The van der Waals surface area contributed by atoms with Gasteiger partial charge in [0, 0.05) is 17.8 Å². The first-order valence-electron chi connectivity index (χ1n) is 6.60. The molecule has 0 aliphatic heterocycles. The van der Waals surface area contributed by atoms with Gasteiger partial charge in [-0.15, -0.1) is 0 Å². The highest BCUT2D eigenvalue weighted by molar-refractivity contribution is 6.32. The largest absolute Gasteiger partial charge is 0.489 e. The summed E-state index contributed by atoms with van der Waals surface area (Å²) in [6, 6.07) is 10.3. The van der Waals surface area contributed by atoms with Gasteiger partial charge in [0.2, 0.25) is 0 Å². The topological polar surface area (TPSA) is 21.3 Å². The fraction of sp³-hybridized carbons (Fsp3) is 0.250. The molecule has 0 radical (unpaired) electrons. The van der Waals surface area contributed by atoms with E-state index in [2.05, 4.69) is 5.32 Å². The summed E-state index contributed by atoms with van der Waals surface area (Å²) in [5.74, 6) is 0.226. The van der Waals surface area contributed by atoms with E-state index in [4.69, 9.17) is 27.9 Å². The average Bonchev–Trinajstić information content (AvgIpc) is 2.43. The van der Waals surface area contributed by atoms with Crippen molar-refractivity contribution >= 4 is 28.9 Å². The molecule has 0 aromatic heterocycles. The lowest BCUT2D eigenvalue weighted by atomic mass is 10.2. The Hall–Kier alpha value is -1.45. The molecule has 1 N–H and O–H groups in total. The first-order valence-corrected chi connectivity index (χ1v) is 7.36. The van der Waals surface area contributed by atoms with E-state index in [0.29, 0.717) is 22.9 Å². The van der Waals surface area contributed by atoms with Crippen LogP contribution in [0.25, 0.3) is 0 Å². The molecule has 0 saturated carbocycles. The molecule has 2 nitrogen and oxygen atoms in total. The summed E-state index contributed by atoms with van der Waals surface area (Å²) in [6.07, 6.45) is 0.0573. The third-order valence-electron chi connectivity index (χ3n) is 2.81. The molecule has 0 saturated heterocycles. The van der Waals surface area contributed by atoms with Crippen molar-refractivity contribution in [2.45, 2.75) is 26.5 Å². The molecular formula is C16H16Cl2FNO. The van der Waals surface area contributed by atoms with Gasteiger partial charge in [0.1, 0.15) is 11.6 Å². The molecule has 0 spiro atoms. The van der Waals surface area contributed by atoms with Crippen LogP contribution in [0.3, 0.4) is 0 Å². The van der Waals surface area contributed by atoms with Gasteiger partial charge < -0.3 is 10.1 Å². The second kappa shape index (κ2) is 7.01. The van der Waals surface area contributed by atoms with Gasteiger partial charge in [0.25, 0.3) is 0 Å². The Morgan fingerprint density at radius 3 is 2.57 bits per heavy atom. The van der Waals surface area contributed by atoms with Gasteiger partial charge in [-0.25, -0.2) is 4.39 Å². The van der Waals surface area contributed by atoms with Crippen LogP contribution in [-0.4, -0.2) is 6.10 Å². The van der Waals surface area contributed by atoms with Gasteiger partial charge in [-0.05, 0) is 38.1 Å². The van der Waals surface area contributed by atoms with Crippen LogP contribution in [0.4, 0.5) is 10.1 Å². The summed E-state index contributed by atoms with van der Waals surface area (Å²) >= 11 is 11.9. The maximum atomic E-state index is 13.8. The number of benzene rings is 2. The zero-order valence-electron chi connectivity index (χ0n) is 11.8. The van der Waals surface area contributed by atoms with E-state index in [0.717, 1.165) is 5.69 Å². The zero-order chi connectivity index (χ0) is 15.4. The van der Waals surface area contributed by atoms with Crippen molar-refractivity contribution in [1.82, 2.24) is 0 Å². The molecule has 5 heteroatoms. The Bertz CT molecular complexity index is 632. The Labute approximate surface area is 133 Å². The van der Waals surface area contributed by atoms with Gasteiger partial charge >= 0.3 is 0 Å². The first-order chi connectivity index (χ1) is 9.97. The number of hydrogen-bond acceptors (Lipinski definition) is 2. The number of anilines is 1. The minimum absolute atomic E-state index is 0.0573. The van der Waals surface area contributed by atoms with Crippen LogP contribution in [0.2, 0.25) is 10.0 Å². The lowest BCUT2D eigenvalue weighted by Gasteiger charge is -2.13. The van der Waals surface area contributed by atoms with Crippen molar-refractivity contribution < 1.29 is 9.13 Å². The van der Waals surface area contributed by atoms with E-state index in [9.17, 15) is 4.39 Å². The molecule has 21 heavy (non-hydrogen) atoms. The van der Waals surface area contributed by atoms with Crippen LogP contribution in [0.5, 0.6) is 5.75 Å². The van der Waals surface area contributed by atoms with Crippen molar-refractivity contribution in [3.8, 4) is 5.75 Å². The number of hydrogen-bond donors (Lipinski definition) is 1. The van der Waals surface area contributed by atoms with Crippen LogP contribution in [0.1, 0.15) is 19.4 Å².